The number of esters is 1. The predicted molar refractivity (Wildman–Crippen MR) is 54.4 cm³/mol. The zero-order valence-corrected chi connectivity index (χ0v) is 8.96. The van der Waals surface area contributed by atoms with Gasteiger partial charge in [-0.15, -0.1) is 11.3 Å². The zero-order chi connectivity index (χ0) is 10.0. The first-order valence-corrected chi connectivity index (χ1v) is 4.98. The van der Waals surface area contributed by atoms with Crippen LogP contribution in [-0.4, -0.2) is 12.6 Å². The molecular formula is C8H10ClNO2S. The first kappa shape index (κ1) is 10.3. The molecule has 0 radical (unpaired) electrons. The number of anilines is 1. The van der Waals surface area contributed by atoms with Crippen LogP contribution in [0.1, 0.15) is 22.2 Å². The fourth-order valence-corrected chi connectivity index (χ4v) is 2.03. The number of carbonyl (C=O) groups is 1. The van der Waals surface area contributed by atoms with E-state index in [0.29, 0.717) is 27.1 Å². The van der Waals surface area contributed by atoms with Gasteiger partial charge in [0.15, 0.2) is 0 Å². The van der Waals surface area contributed by atoms with Crippen LogP contribution >= 0.6 is 22.9 Å². The molecule has 0 spiro atoms. The Labute approximate surface area is 85.4 Å². The Morgan fingerprint density at radius 2 is 2.31 bits per heavy atom. The molecule has 0 unspecified atom stereocenters. The van der Waals surface area contributed by atoms with Crippen LogP contribution in [0.5, 0.6) is 0 Å². The van der Waals surface area contributed by atoms with Crippen molar-refractivity contribution in [3.8, 4) is 0 Å². The van der Waals surface area contributed by atoms with Crippen molar-refractivity contribution in [2.45, 2.75) is 13.8 Å². The number of hydrogen-bond acceptors (Lipinski definition) is 4. The Morgan fingerprint density at radius 1 is 1.69 bits per heavy atom. The topological polar surface area (TPSA) is 52.3 Å². The summed E-state index contributed by atoms with van der Waals surface area (Å²) in [6.07, 6.45) is 0. The second-order valence-corrected chi connectivity index (χ2v) is 3.89. The van der Waals surface area contributed by atoms with E-state index in [1.807, 2.05) is 0 Å². The highest BCUT2D eigenvalue weighted by Crippen LogP contribution is 2.34. The summed E-state index contributed by atoms with van der Waals surface area (Å²) >= 11 is 6.98. The average molecular weight is 220 g/mol. The number of nitrogen functional groups attached to an aromatic ring is 1. The standard InChI is InChI=1S/C8H10ClNO2S/c1-3-12-8(11)6-4(2)5(9)7(10)13-6/h3,10H2,1-2H3. The van der Waals surface area contributed by atoms with E-state index >= 15 is 0 Å². The van der Waals surface area contributed by atoms with Crippen LogP contribution in [0.2, 0.25) is 5.02 Å². The summed E-state index contributed by atoms with van der Waals surface area (Å²) in [5.74, 6) is -0.358. The van der Waals surface area contributed by atoms with Crippen molar-refractivity contribution in [1.82, 2.24) is 0 Å². The highest BCUT2D eigenvalue weighted by Gasteiger charge is 2.17. The van der Waals surface area contributed by atoms with Crippen LogP contribution in [-0.2, 0) is 4.74 Å². The number of carbonyl (C=O) groups excluding carboxylic acids is 1. The van der Waals surface area contributed by atoms with Gasteiger partial charge in [-0.25, -0.2) is 4.79 Å². The number of ether oxygens (including phenoxy) is 1. The molecule has 0 aliphatic carbocycles. The van der Waals surface area contributed by atoms with Gasteiger partial charge in [-0.05, 0) is 19.4 Å². The lowest BCUT2D eigenvalue weighted by Gasteiger charge is -1.98. The molecule has 1 aromatic heterocycles. The second kappa shape index (κ2) is 3.98. The molecule has 5 heteroatoms. The van der Waals surface area contributed by atoms with Crippen LogP contribution < -0.4 is 5.73 Å². The highest BCUT2D eigenvalue weighted by atomic mass is 35.5. The van der Waals surface area contributed by atoms with E-state index in [9.17, 15) is 4.79 Å². The van der Waals surface area contributed by atoms with Gasteiger partial charge in [0.1, 0.15) is 9.88 Å². The Balaban J connectivity index is 3.01. The summed E-state index contributed by atoms with van der Waals surface area (Å²) < 4.78 is 4.83. The molecule has 3 nitrogen and oxygen atoms in total. The molecule has 72 valence electrons. The van der Waals surface area contributed by atoms with Crippen molar-refractivity contribution in [1.29, 1.82) is 0 Å². The van der Waals surface area contributed by atoms with Gasteiger partial charge in [0, 0.05) is 0 Å². The largest absolute Gasteiger partial charge is 0.462 e. The molecule has 13 heavy (non-hydrogen) atoms. The van der Waals surface area contributed by atoms with Gasteiger partial charge in [0.2, 0.25) is 0 Å². The Bertz CT molecular complexity index is 335. The first-order chi connectivity index (χ1) is 6.07. The van der Waals surface area contributed by atoms with Crippen LogP contribution in [0.4, 0.5) is 5.00 Å². The van der Waals surface area contributed by atoms with E-state index < -0.39 is 0 Å². The van der Waals surface area contributed by atoms with Gasteiger partial charge in [-0.3, -0.25) is 0 Å². The van der Waals surface area contributed by atoms with E-state index in [1.165, 1.54) is 0 Å². The van der Waals surface area contributed by atoms with Crippen molar-refractivity contribution in [3.05, 3.63) is 15.5 Å². The van der Waals surface area contributed by atoms with Gasteiger partial charge < -0.3 is 10.5 Å². The third kappa shape index (κ3) is 1.95. The molecule has 0 atom stereocenters. The van der Waals surface area contributed by atoms with E-state index in [4.69, 9.17) is 22.1 Å². The smallest absolute Gasteiger partial charge is 0.348 e. The SMILES string of the molecule is CCOC(=O)c1sc(N)c(Cl)c1C. The Hall–Kier alpha value is -0.740. The average Bonchev–Trinajstić information content (AvgIpc) is 2.33. The van der Waals surface area contributed by atoms with Crippen LogP contribution in [0.15, 0.2) is 0 Å². The van der Waals surface area contributed by atoms with E-state index in [0.717, 1.165) is 11.3 Å². The van der Waals surface area contributed by atoms with Gasteiger partial charge in [-0.2, -0.15) is 0 Å². The number of thiophene rings is 1. The minimum Gasteiger partial charge on any atom is -0.462 e. The van der Waals surface area contributed by atoms with Gasteiger partial charge in [0.25, 0.3) is 0 Å². The van der Waals surface area contributed by atoms with Crippen LogP contribution in [0.3, 0.4) is 0 Å². The molecule has 1 aromatic rings. The minimum atomic E-state index is -0.358. The summed E-state index contributed by atoms with van der Waals surface area (Å²) in [6, 6.07) is 0. The molecule has 0 aliphatic rings. The van der Waals surface area contributed by atoms with Crippen molar-refractivity contribution in [2.75, 3.05) is 12.3 Å². The lowest BCUT2D eigenvalue weighted by Crippen LogP contribution is -2.03. The number of nitrogens with two attached hydrogens (primary N) is 1. The first-order valence-electron chi connectivity index (χ1n) is 3.79. The maximum atomic E-state index is 11.3. The van der Waals surface area contributed by atoms with Crippen LogP contribution in [0.25, 0.3) is 0 Å². The minimum absolute atomic E-state index is 0.355. The molecule has 2 N–H and O–H groups in total. The fraction of sp³-hybridized carbons (Fsp3) is 0.375. The molecule has 0 saturated carbocycles. The molecule has 0 amide bonds. The third-order valence-corrected chi connectivity index (χ3v) is 3.26. The fourth-order valence-electron chi connectivity index (χ4n) is 0.907. The third-order valence-electron chi connectivity index (χ3n) is 1.56. The van der Waals surface area contributed by atoms with E-state index in [-0.39, 0.29) is 5.97 Å². The lowest BCUT2D eigenvalue weighted by atomic mass is 10.3. The second-order valence-electron chi connectivity index (χ2n) is 2.45. The molecule has 0 bridgehead atoms. The molecule has 1 rings (SSSR count). The van der Waals surface area contributed by atoms with Crippen molar-refractivity contribution in [3.63, 3.8) is 0 Å². The summed E-state index contributed by atoms with van der Waals surface area (Å²) in [5.41, 5.74) is 6.25. The molecule has 0 fully saturated rings. The summed E-state index contributed by atoms with van der Waals surface area (Å²) in [5, 5.41) is 0.912. The number of rotatable bonds is 2. The zero-order valence-electron chi connectivity index (χ0n) is 7.39. The Kier molecular flexibility index (Phi) is 3.17. The monoisotopic (exact) mass is 219 g/mol. The van der Waals surface area contributed by atoms with Gasteiger partial charge in [0.05, 0.1) is 11.6 Å². The molecular weight excluding hydrogens is 210 g/mol. The summed E-state index contributed by atoms with van der Waals surface area (Å²) in [6.45, 7) is 3.86. The predicted octanol–water partition coefficient (Wildman–Crippen LogP) is 2.47. The number of halogens is 1. The maximum Gasteiger partial charge on any atom is 0.348 e. The normalized spacial score (nSPS) is 10.1. The van der Waals surface area contributed by atoms with E-state index in [2.05, 4.69) is 0 Å². The summed E-state index contributed by atoms with van der Waals surface area (Å²) in [4.78, 5) is 11.8. The van der Waals surface area contributed by atoms with Crippen molar-refractivity contribution >= 4 is 33.9 Å². The maximum absolute atomic E-state index is 11.3. The number of hydrogen-bond donors (Lipinski definition) is 1. The van der Waals surface area contributed by atoms with Crippen LogP contribution in [0, 0.1) is 6.92 Å². The van der Waals surface area contributed by atoms with Gasteiger partial charge in [-0.1, -0.05) is 11.6 Å². The summed E-state index contributed by atoms with van der Waals surface area (Å²) in [7, 11) is 0. The van der Waals surface area contributed by atoms with E-state index in [1.54, 1.807) is 13.8 Å². The van der Waals surface area contributed by atoms with Crippen molar-refractivity contribution < 1.29 is 9.53 Å². The van der Waals surface area contributed by atoms with Gasteiger partial charge >= 0.3 is 5.97 Å². The quantitative estimate of drug-likeness (QED) is 0.778. The molecule has 0 saturated heterocycles. The molecule has 0 aromatic carbocycles. The lowest BCUT2D eigenvalue weighted by molar-refractivity contribution is 0.0531. The van der Waals surface area contributed by atoms with Crippen molar-refractivity contribution in [2.24, 2.45) is 0 Å². The Morgan fingerprint density at radius 3 is 2.69 bits per heavy atom. The molecule has 1 heterocycles. The molecule has 0 aliphatic heterocycles. The highest BCUT2D eigenvalue weighted by molar-refractivity contribution is 7.18.